The second-order valence-electron chi connectivity index (χ2n) is 4.88. The molecule has 1 heterocycles. The quantitative estimate of drug-likeness (QED) is 0.846. The van der Waals surface area contributed by atoms with Gasteiger partial charge >= 0.3 is 0 Å². The maximum Gasteiger partial charge on any atom is 0.252 e. The van der Waals surface area contributed by atoms with Crippen LogP contribution in [0.3, 0.4) is 0 Å². The third-order valence-corrected chi connectivity index (χ3v) is 4.68. The van der Waals surface area contributed by atoms with Gasteiger partial charge < -0.3 is 5.32 Å². The zero-order valence-electron chi connectivity index (χ0n) is 12.0. The van der Waals surface area contributed by atoms with E-state index in [-0.39, 0.29) is 11.9 Å². The summed E-state index contributed by atoms with van der Waals surface area (Å²) in [5.41, 5.74) is 2.60. The van der Waals surface area contributed by atoms with Crippen molar-refractivity contribution in [2.24, 2.45) is 0 Å². The van der Waals surface area contributed by atoms with Gasteiger partial charge in [-0.1, -0.05) is 6.07 Å². The van der Waals surface area contributed by atoms with Crippen molar-refractivity contribution in [1.29, 1.82) is 0 Å². The molecular formula is C15H18N2OS2. The number of amides is 1. The van der Waals surface area contributed by atoms with Gasteiger partial charge in [-0.15, -0.1) is 24.0 Å². The molecule has 1 unspecified atom stereocenters. The Balaban J connectivity index is 2.19. The van der Waals surface area contributed by atoms with E-state index in [2.05, 4.69) is 22.9 Å². The zero-order chi connectivity index (χ0) is 14.9. The summed E-state index contributed by atoms with van der Waals surface area (Å²) in [6.45, 7) is 7.86. The Morgan fingerprint density at radius 1 is 1.35 bits per heavy atom. The van der Waals surface area contributed by atoms with E-state index in [0.717, 1.165) is 26.0 Å². The minimum Gasteiger partial charge on any atom is -0.345 e. The highest BCUT2D eigenvalue weighted by molar-refractivity contribution is 7.80. The van der Waals surface area contributed by atoms with Gasteiger partial charge in [0.1, 0.15) is 0 Å². The number of thiazole rings is 1. The van der Waals surface area contributed by atoms with Crippen LogP contribution in [0.25, 0.3) is 0 Å². The second kappa shape index (κ2) is 5.97. The highest BCUT2D eigenvalue weighted by Gasteiger charge is 2.17. The van der Waals surface area contributed by atoms with E-state index < -0.39 is 0 Å². The minimum absolute atomic E-state index is 0.0447. The van der Waals surface area contributed by atoms with Crippen molar-refractivity contribution in [2.45, 2.75) is 38.6 Å². The molecule has 1 aromatic carbocycles. The van der Waals surface area contributed by atoms with Gasteiger partial charge in [0.05, 0.1) is 16.7 Å². The largest absolute Gasteiger partial charge is 0.345 e. The molecule has 2 rings (SSSR count). The van der Waals surface area contributed by atoms with E-state index >= 15 is 0 Å². The summed E-state index contributed by atoms with van der Waals surface area (Å²) in [5.74, 6) is -0.0728. The Labute approximate surface area is 128 Å². The van der Waals surface area contributed by atoms with E-state index in [4.69, 9.17) is 0 Å². The third-order valence-electron chi connectivity index (χ3n) is 3.15. The van der Waals surface area contributed by atoms with E-state index in [1.54, 1.807) is 17.4 Å². The standard InChI is InChI=1S/C15H18N2OS2/c1-8-5-6-12(19)7-13(8)15(18)17-10(3)14-9(2)16-11(4)20-14/h5-7,10,19H,1-4H3,(H,17,18). The highest BCUT2D eigenvalue weighted by Crippen LogP contribution is 2.25. The Morgan fingerprint density at radius 3 is 2.65 bits per heavy atom. The number of nitrogens with zero attached hydrogens (tertiary/aromatic N) is 1. The normalized spacial score (nSPS) is 12.2. The van der Waals surface area contributed by atoms with Crippen LogP contribution in [-0.4, -0.2) is 10.9 Å². The fourth-order valence-electron chi connectivity index (χ4n) is 2.14. The van der Waals surface area contributed by atoms with Crippen LogP contribution in [0.1, 0.15) is 44.5 Å². The summed E-state index contributed by atoms with van der Waals surface area (Å²) < 4.78 is 0. The summed E-state index contributed by atoms with van der Waals surface area (Å²) in [6, 6.07) is 5.54. The molecule has 1 amide bonds. The Kier molecular flexibility index (Phi) is 4.50. The maximum atomic E-state index is 12.4. The van der Waals surface area contributed by atoms with Gasteiger partial charge in [0.25, 0.3) is 5.91 Å². The molecule has 0 aliphatic rings. The van der Waals surface area contributed by atoms with Gasteiger partial charge in [0.15, 0.2) is 0 Å². The summed E-state index contributed by atoms with van der Waals surface area (Å²) in [4.78, 5) is 18.7. The third kappa shape index (κ3) is 3.22. The number of aromatic nitrogens is 1. The molecule has 0 radical (unpaired) electrons. The van der Waals surface area contributed by atoms with Crippen LogP contribution in [0.2, 0.25) is 0 Å². The average Bonchev–Trinajstić information content (AvgIpc) is 2.71. The number of aryl methyl sites for hydroxylation is 3. The number of rotatable bonds is 3. The number of thiol groups is 1. The molecule has 1 N–H and O–H groups in total. The topological polar surface area (TPSA) is 42.0 Å². The smallest absolute Gasteiger partial charge is 0.252 e. The van der Waals surface area contributed by atoms with Gasteiger partial charge in [-0.2, -0.15) is 0 Å². The van der Waals surface area contributed by atoms with Crippen molar-refractivity contribution in [2.75, 3.05) is 0 Å². The first-order chi connectivity index (χ1) is 9.38. The number of carbonyl (C=O) groups excluding carboxylic acids is 1. The molecule has 20 heavy (non-hydrogen) atoms. The van der Waals surface area contributed by atoms with Crippen LogP contribution in [0.5, 0.6) is 0 Å². The summed E-state index contributed by atoms with van der Waals surface area (Å²) in [5, 5.41) is 4.05. The molecular weight excluding hydrogens is 288 g/mol. The molecule has 0 spiro atoms. The first-order valence-electron chi connectivity index (χ1n) is 6.43. The van der Waals surface area contributed by atoms with Gasteiger partial charge in [-0.05, 0) is 45.4 Å². The lowest BCUT2D eigenvalue weighted by molar-refractivity contribution is 0.0939. The molecule has 0 saturated carbocycles. The SMILES string of the molecule is Cc1nc(C)c(C(C)NC(=O)c2cc(S)ccc2C)s1. The van der Waals surface area contributed by atoms with Crippen LogP contribution in [0.15, 0.2) is 23.1 Å². The molecule has 5 heteroatoms. The lowest BCUT2D eigenvalue weighted by atomic mass is 10.1. The summed E-state index contributed by atoms with van der Waals surface area (Å²) >= 11 is 5.91. The first kappa shape index (κ1) is 15.1. The van der Waals surface area contributed by atoms with Crippen LogP contribution in [0, 0.1) is 20.8 Å². The Morgan fingerprint density at radius 2 is 2.05 bits per heavy atom. The molecule has 1 aromatic heterocycles. The molecule has 2 aromatic rings. The average molecular weight is 306 g/mol. The van der Waals surface area contributed by atoms with Crippen molar-refractivity contribution in [3.05, 3.63) is 44.9 Å². The Hall–Kier alpha value is -1.33. The minimum atomic E-state index is -0.0728. The molecule has 0 aliphatic carbocycles. The van der Waals surface area contributed by atoms with E-state index in [0.29, 0.717) is 5.56 Å². The monoisotopic (exact) mass is 306 g/mol. The summed E-state index contributed by atoms with van der Waals surface area (Å²) in [6.07, 6.45) is 0. The number of carbonyl (C=O) groups is 1. The van der Waals surface area contributed by atoms with Crippen molar-refractivity contribution in [3.63, 3.8) is 0 Å². The van der Waals surface area contributed by atoms with Crippen molar-refractivity contribution >= 4 is 29.9 Å². The molecule has 0 aliphatic heterocycles. The first-order valence-corrected chi connectivity index (χ1v) is 7.69. The van der Waals surface area contributed by atoms with Crippen molar-refractivity contribution < 1.29 is 4.79 Å². The molecule has 0 saturated heterocycles. The highest BCUT2D eigenvalue weighted by atomic mass is 32.1. The fourth-order valence-corrected chi connectivity index (χ4v) is 3.28. The fraction of sp³-hybridized carbons (Fsp3) is 0.333. The molecule has 0 fully saturated rings. The molecule has 0 bridgehead atoms. The zero-order valence-corrected chi connectivity index (χ0v) is 13.7. The lowest BCUT2D eigenvalue weighted by Crippen LogP contribution is -2.27. The van der Waals surface area contributed by atoms with Crippen LogP contribution >= 0.6 is 24.0 Å². The predicted octanol–water partition coefficient (Wildman–Crippen LogP) is 3.85. The number of hydrogen-bond donors (Lipinski definition) is 2. The number of benzene rings is 1. The predicted molar refractivity (Wildman–Crippen MR) is 85.9 cm³/mol. The van der Waals surface area contributed by atoms with E-state index in [9.17, 15) is 4.79 Å². The van der Waals surface area contributed by atoms with Crippen LogP contribution in [0.4, 0.5) is 0 Å². The molecule has 3 nitrogen and oxygen atoms in total. The van der Waals surface area contributed by atoms with E-state index in [1.807, 2.05) is 39.8 Å². The lowest BCUT2D eigenvalue weighted by Gasteiger charge is -2.14. The molecule has 106 valence electrons. The van der Waals surface area contributed by atoms with Gasteiger partial charge in [0, 0.05) is 15.3 Å². The van der Waals surface area contributed by atoms with E-state index in [1.165, 1.54) is 0 Å². The number of nitrogens with one attached hydrogen (secondary N) is 1. The Bertz CT molecular complexity index is 649. The molecule has 1 atom stereocenters. The summed E-state index contributed by atoms with van der Waals surface area (Å²) in [7, 11) is 0. The van der Waals surface area contributed by atoms with Crippen molar-refractivity contribution in [1.82, 2.24) is 10.3 Å². The second-order valence-corrected chi connectivity index (χ2v) is 6.63. The van der Waals surface area contributed by atoms with Crippen LogP contribution in [-0.2, 0) is 0 Å². The van der Waals surface area contributed by atoms with Gasteiger partial charge in [-0.3, -0.25) is 4.79 Å². The maximum absolute atomic E-state index is 12.4. The van der Waals surface area contributed by atoms with Gasteiger partial charge in [0.2, 0.25) is 0 Å². The number of hydrogen-bond acceptors (Lipinski definition) is 4. The van der Waals surface area contributed by atoms with Crippen LogP contribution < -0.4 is 5.32 Å². The van der Waals surface area contributed by atoms with Gasteiger partial charge in [-0.25, -0.2) is 4.98 Å². The van der Waals surface area contributed by atoms with Crippen molar-refractivity contribution in [3.8, 4) is 0 Å².